The van der Waals surface area contributed by atoms with E-state index in [0.29, 0.717) is 25.3 Å². The number of nitrogens with one attached hydrogen (secondary N) is 1. The number of alkyl halides is 3. The maximum Gasteiger partial charge on any atom is 0.573 e. The zero-order chi connectivity index (χ0) is 18.0. The number of hydrogen-bond acceptors (Lipinski definition) is 4. The number of hydrogen-bond donors (Lipinski definition) is 2. The topological polar surface area (TPSA) is 97.0 Å². The molecule has 0 unspecified atom stereocenters. The molecule has 0 spiro atoms. The van der Waals surface area contributed by atoms with E-state index in [1.54, 1.807) is 0 Å². The molecule has 134 valence electrons. The van der Waals surface area contributed by atoms with Crippen molar-refractivity contribution < 1.29 is 26.3 Å². The molecule has 0 aliphatic carbocycles. The zero-order valence-corrected chi connectivity index (χ0v) is 13.6. The van der Waals surface area contributed by atoms with Crippen molar-refractivity contribution in [1.29, 1.82) is 0 Å². The second kappa shape index (κ2) is 6.85. The number of rotatable bonds is 5. The van der Waals surface area contributed by atoms with Crippen LogP contribution in [-0.4, -0.2) is 50.9 Å². The van der Waals surface area contributed by atoms with E-state index < -0.39 is 16.4 Å². The zero-order valence-electron chi connectivity index (χ0n) is 12.7. The van der Waals surface area contributed by atoms with Crippen LogP contribution in [0.3, 0.4) is 0 Å². The fourth-order valence-electron chi connectivity index (χ4n) is 2.09. The van der Waals surface area contributed by atoms with E-state index >= 15 is 0 Å². The van der Waals surface area contributed by atoms with E-state index in [9.17, 15) is 21.6 Å². The van der Waals surface area contributed by atoms with Crippen molar-refractivity contribution in [2.45, 2.75) is 6.36 Å². The maximum absolute atomic E-state index is 12.2. The summed E-state index contributed by atoms with van der Waals surface area (Å²) in [7, 11) is -3.17. The van der Waals surface area contributed by atoms with Gasteiger partial charge in [-0.2, -0.15) is 0 Å². The van der Waals surface area contributed by atoms with Gasteiger partial charge >= 0.3 is 6.36 Å². The van der Waals surface area contributed by atoms with E-state index in [0.717, 1.165) is 12.3 Å². The molecular formula is C13H17F3N4O3S. The number of aliphatic imine (C=N–C) groups is 1. The number of nitrogens with two attached hydrogens (primary N) is 1. The van der Waals surface area contributed by atoms with Gasteiger partial charge in [-0.05, 0) is 12.1 Å². The van der Waals surface area contributed by atoms with Crippen molar-refractivity contribution >= 4 is 21.7 Å². The quantitative estimate of drug-likeness (QED) is 0.603. The molecule has 1 heterocycles. The largest absolute Gasteiger partial charge is 0.573 e. The summed E-state index contributed by atoms with van der Waals surface area (Å²) in [6.45, 7) is 1.08. The Kier molecular flexibility index (Phi) is 5.23. The molecule has 1 fully saturated rings. The lowest BCUT2D eigenvalue weighted by Gasteiger charge is -2.36. The molecule has 0 aromatic heterocycles. The molecule has 1 aromatic carbocycles. The second-order valence-electron chi connectivity index (χ2n) is 5.37. The highest BCUT2D eigenvalue weighted by atomic mass is 32.2. The van der Waals surface area contributed by atoms with Gasteiger partial charge in [-0.25, -0.2) is 12.7 Å². The molecular weight excluding hydrogens is 349 g/mol. The van der Waals surface area contributed by atoms with Gasteiger partial charge in [-0.1, -0.05) is 6.07 Å². The molecule has 3 N–H and O–H groups in total. The molecule has 1 saturated heterocycles. The Hall–Kier alpha value is -2.01. The summed E-state index contributed by atoms with van der Waals surface area (Å²) < 4.78 is 64.1. The minimum atomic E-state index is -4.77. The van der Waals surface area contributed by atoms with Crippen LogP contribution in [0, 0.1) is 5.92 Å². The molecule has 0 saturated carbocycles. The van der Waals surface area contributed by atoms with Crippen LogP contribution in [0.15, 0.2) is 29.3 Å². The molecule has 0 radical (unpaired) electrons. The predicted molar refractivity (Wildman–Crippen MR) is 83.1 cm³/mol. The van der Waals surface area contributed by atoms with Crippen LogP contribution >= 0.6 is 0 Å². The van der Waals surface area contributed by atoms with Crippen molar-refractivity contribution in [1.82, 2.24) is 4.31 Å². The Morgan fingerprint density at radius 3 is 2.71 bits per heavy atom. The van der Waals surface area contributed by atoms with Crippen molar-refractivity contribution in [3.63, 3.8) is 0 Å². The summed E-state index contributed by atoms with van der Waals surface area (Å²) in [5.41, 5.74) is 5.97. The first kappa shape index (κ1) is 18.3. The van der Waals surface area contributed by atoms with Crippen LogP contribution in [0.25, 0.3) is 0 Å². The van der Waals surface area contributed by atoms with Crippen molar-refractivity contribution in [3.05, 3.63) is 24.3 Å². The molecule has 1 aromatic rings. The number of ether oxygens (including phenoxy) is 1. The van der Waals surface area contributed by atoms with Gasteiger partial charge in [0.05, 0.1) is 6.26 Å². The molecule has 0 bridgehead atoms. The third-order valence-corrected chi connectivity index (χ3v) is 4.49. The minimum Gasteiger partial charge on any atom is -0.406 e. The van der Waals surface area contributed by atoms with Crippen LogP contribution in [-0.2, 0) is 10.0 Å². The Morgan fingerprint density at radius 2 is 2.12 bits per heavy atom. The van der Waals surface area contributed by atoms with Crippen LogP contribution in [0.5, 0.6) is 5.75 Å². The first-order valence-corrected chi connectivity index (χ1v) is 8.75. The van der Waals surface area contributed by atoms with E-state index in [1.807, 2.05) is 0 Å². The maximum atomic E-state index is 12.2. The molecule has 11 heteroatoms. The third-order valence-electron chi connectivity index (χ3n) is 3.25. The normalized spacial score (nSPS) is 17.4. The van der Waals surface area contributed by atoms with Gasteiger partial charge in [0.15, 0.2) is 5.96 Å². The third kappa shape index (κ3) is 5.57. The van der Waals surface area contributed by atoms with Crippen molar-refractivity contribution in [2.75, 3.05) is 31.2 Å². The molecule has 2 rings (SSSR count). The lowest BCUT2D eigenvalue weighted by Crippen LogP contribution is -2.50. The number of guanidine groups is 1. The first-order valence-electron chi connectivity index (χ1n) is 6.91. The van der Waals surface area contributed by atoms with Gasteiger partial charge in [0.25, 0.3) is 0 Å². The molecule has 0 amide bonds. The van der Waals surface area contributed by atoms with E-state index in [2.05, 4.69) is 15.0 Å². The van der Waals surface area contributed by atoms with Crippen molar-refractivity contribution in [2.24, 2.45) is 16.6 Å². The van der Waals surface area contributed by atoms with Gasteiger partial charge in [0.1, 0.15) is 5.75 Å². The number of nitrogens with zero attached hydrogens (tertiary/aromatic N) is 2. The Morgan fingerprint density at radius 1 is 1.46 bits per heavy atom. The minimum absolute atomic E-state index is 0.0250. The Labute approximate surface area is 137 Å². The summed E-state index contributed by atoms with van der Waals surface area (Å²) in [6.07, 6.45) is -3.63. The predicted octanol–water partition coefficient (Wildman–Crippen LogP) is 1.20. The number of benzene rings is 1. The van der Waals surface area contributed by atoms with Crippen LogP contribution < -0.4 is 15.8 Å². The van der Waals surface area contributed by atoms with Gasteiger partial charge in [-0.3, -0.25) is 4.99 Å². The molecule has 1 aliphatic heterocycles. The van der Waals surface area contributed by atoms with E-state index in [-0.39, 0.29) is 17.6 Å². The second-order valence-corrected chi connectivity index (χ2v) is 7.36. The van der Waals surface area contributed by atoms with Crippen LogP contribution in [0.4, 0.5) is 18.9 Å². The number of halogens is 3. The Balaban J connectivity index is 1.86. The molecule has 0 atom stereocenters. The fourth-order valence-corrected chi connectivity index (χ4v) is 3.06. The van der Waals surface area contributed by atoms with E-state index in [1.165, 1.54) is 22.5 Å². The summed E-state index contributed by atoms with van der Waals surface area (Å²) in [5, 5.41) is 2.66. The number of anilines is 1. The van der Waals surface area contributed by atoms with Gasteiger partial charge in [0.2, 0.25) is 10.0 Å². The monoisotopic (exact) mass is 366 g/mol. The van der Waals surface area contributed by atoms with Gasteiger partial charge in [0, 0.05) is 37.3 Å². The average Bonchev–Trinajstić information content (AvgIpc) is 2.33. The SMILES string of the molecule is CS(=O)(=O)N1CC(CN=C(N)Nc2cccc(OC(F)(F)F)c2)C1. The first-order chi connectivity index (χ1) is 11.0. The summed E-state index contributed by atoms with van der Waals surface area (Å²) in [4.78, 5) is 4.06. The lowest BCUT2D eigenvalue weighted by molar-refractivity contribution is -0.274. The molecule has 1 aliphatic rings. The number of sulfonamides is 1. The highest BCUT2D eigenvalue weighted by Gasteiger charge is 2.33. The van der Waals surface area contributed by atoms with Crippen LogP contribution in [0.2, 0.25) is 0 Å². The lowest BCUT2D eigenvalue weighted by atomic mass is 10.0. The highest BCUT2D eigenvalue weighted by molar-refractivity contribution is 7.88. The summed E-state index contributed by atoms with van der Waals surface area (Å²) >= 11 is 0. The molecule has 24 heavy (non-hydrogen) atoms. The van der Waals surface area contributed by atoms with Gasteiger partial charge in [-0.15, -0.1) is 13.2 Å². The van der Waals surface area contributed by atoms with Crippen LogP contribution in [0.1, 0.15) is 0 Å². The standard InChI is InChI=1S/C13H17F3N4O3S/c1-24(21,22)20-7-9(8-20)6-18-12(17)19-10-3-2-4-11(5-10)23-13(14,15)16/h2-5,9H,6-8H2,1H3,(H3,17,18,19). The average molecular weight is 366 g/mol. The Bertz CT molecular complexity index is 715. The fraction of sp³-hybridized carbons (Fsp3) is 0.462. The van der Waals surface area contributed by atoms with Crippen molar-refractivity contribution in [3.8, 4) is 5.75 Å². The van der Waals surface area contributed by atoms with E-state index in [4.69, 9.17) is 5.73 Å². The highest BCUT2D eigenvalue weighted by Crippen LogP contribution is 2.25. The molecule has 7 nitrogen and oxygen atoms in total. The summed E-state index contributed by atoms with van der Waals surface area (Å²) in [5.74, 6) is -0.278. The van der Waals surface area contributed by atoms with Gasteiger partial charge < -0.3 is 15.8 Å². The summed E-state index contributed by atoms with van der Waals surface area (Å²) in [6, 6.07) is 5.21. The smallest absolute Gasteiger partial charge is 0.406 e.